The van der Waals surface area contributed by atoms with Crippen LogP contribution in [0.15, 0.2) is 72.8 Å². The monoisotopic (exact) mass is 502 g/mol. The summed E-state index contributed by atoms with van der Waals surface area (Å²) in [6, 6.07) is 20.4. The number of amides is 2. The number of nitrogens with one attached hydrogen (secondary N) is 2. The number of fused-ring (bicyclic) bond motifs is 4. The van der Waals surface area contributed by atoms with E-state index in [1.54, 1.807) is 34.1 Å². The number of aromatic amines is 1. The third-order valence-electron chi connectivity index (χ3n) is 7.08. The van der Waals surface area contributed by atoms with E-state index in [0.29, 0.717) is 23.6 Å². The Balaban J connectivity index is 1.45. The van der Waals surface area contributed by atoms with Gasteiger partial charge in [0.25, 0.3) is 0 Å². The van der Waals surface area contributed by atoms with E-state index in [4.69, 9.17) is 11.6 Å². The molecule has 36 heavy (non-hydrogen) atoms. The molecule has 1 saturated heterocycles. The second-order valence-corrected chi connectivity index (χ2v) is 9.67. The molecule has 6 rings (SSSR count). The molecule has 1 fully saturated rings. The van der Waals surface area contributed by atoms with Gasteiger partial charge in [0.1, 0.15) is 12.6 Å². The van der Waals surface area contributed by atoms with E-state index in [-0.39, 0.29) is 24.0 Å². The van der Waals surface area contributed by atoms with Crippen molar-refractivity contribution >= 4 is 40.0 Å². The van der Waals surface area contributed by atoms with Crippen molar-refractivity contribution in [3.05, 3.63) is 105 Å². The maximum absolute atomic E-state index is 13.8. The zero-order chi connectivity index (χ0) is 25.0. The third-order valence-corrected chi connectivity index (χ3v) is 7.33. The van der Waals surface area contributed by atoms with Gasteiger partial charge >= 0.3 is 0 Å². The summed E-state index contributed by atoms with van der Waals surface area (Å²) < 4.78 is 0. The van der Waals surface area contributed by atoms with Gasteiger partial charge in [-0.1, -0.05) is 54.1 Å². The summed E-state index contributed by atoms with van der Waals surface area (Å²) >= 11 is 6.01. The molecule has 2 aliphatic heterocycles. The van der Waals surface area contributed by atoms with Crippen molar-refractivity contribution in [3.63, 3.8) is 0 Å². The van der Waals surface area contributed by atoms with Gasteiger partial charge in [0.2, 0.25) is 11.8 Å². The Morgan fingerprint density at radius 2 is 1.83 bits per heavy atom. The molecule has 0 aliphatic carbocycles. The number of carbonyl (C=O) groups is 2. The lowest BCUT2D eigenvalue weighted by molar-refractivity contribution is -0.991. The number of quaternary nitrogens is 1. The molecule has 0 spiro atoms. The van der Waals surface area contributed by atoms with Gasteiger partial charge in [-0.3, -0.25) is 9.59 Å². The number of carbonyl (C=O) groups excluding carboxylic acids is 2. The Hall–Kier alpha value is -3.69. The molecular weight excluding hydrogens is 480 g/mol. The van der Waals surface area contributed by atoms with E-state index in [0.717, 1.165) is 27.7 Å². The number of para-hydroxylation sites is 1. The van der Waals surface area contributed by atoms with Crippen LogP contribution in [-0.4, -0.2) is 44.4 Å². The van der Waals surface area contributed by atoms with Crippen molar-refractivity contribution in [1.82, 2.24) is 14.8 Å². The standard InChI is InChI=1S/C27H23ClN4O4/c28-18-10-8-16(9-11-18)14-30-15-24(33)31-23(27(30)34)13-21-20-6-1-2-7-22(20)29-25(21)26(31)17-4-3-5-19(12-17)32(35)36/h1-12,23,26,29,32,35H,13-15H2/t23-,26?/m0/s1. The Morgan fingerprint density at radius 1 is 1.06 bits per heavy atom. The van der Waals surface area contributed by atoms with E-state index in [2.05, 4.69) is 4.98 Å². The van der Waals surface area contributed by atoms with Crippen molar-refractivity contribution in [2.24, 2.45) is 0 Å². The SMILES string of the molecule is O=C1[C@@H]2Cc3c([nH]c4ccccc34)C(c3cccc([NH+]([O-])O)c3)N2C(=O)CN1Cc1ccc(Cl)cc1. The minimum absolute atomic E-state index is 0.0529. The fourth-order valence-corrected chi connectivity index (χ4v) is 5.58. The van der Waals surface area contributed by atoms with Crippen LogP contribution in [0.25, 0.3) is 10.9 Å². The number of H-pyrrole nitrogens is 1. The number of halogens is 1. The van der Waals surface area contributed by atoms with E-state index < -0.39 is 17.3 Å². The maximum atomic E-state index is 13.8. The highest BCUT2D eigenvalue weighted by Crippen LogP contribution is 2.43. The lowest BCUT2D eigenvalue weighted by atomic mass is 9.86. The van der Waals surface area contributed by atoms with Crippen LogP contribution in [0.3, 0.4) is 0 Å². The summed E-state index contributed by atoms with van der Waals surface area (Å²) in [5.74, 6) is -0.302. The molecule has 2 unspecified atom stereocenters. The number of hydrogen-bond donors (Lipinski definition) is 3. The minimum atomic E-state index is -1.05. The average molecular weight is 503 g/mol. The van der Waals surface area contributed by atoms with Crippen LogP contribution in [0.4, 0.5) is 5.69 Å². The van der Waals surface area contributed by atoms with Crippen LogP contribution in [0.2, 0.25) is 5.02 Å². The number of rotatable bonds is 4. The Morgan fingerprint density at radius 3 is 2.61 bits per heavy atom. The van der Waals surface area contributed by atoms with Gasteiger partial charge in [-0.2, -0.15) is 5.23 Å². The summed E-state index contributed by atoms with van der Waals surface area (Å²) in [6.45, 7) is 0.259. The normalized spacial score (nSPS) is 20.4. The Bertz CT molecular complexity index is 1480. The molecule has 4 aromatic rings. The van der Waals surface area contributed by atoms with Crippen molar-refractivity contribution in [1.29, 1.82) is 0 Å². The summed E-state index contributed by atoms with van der Waals surface area (Å²) in [4.78, 5) is 34.1. The van der Waals surface area contributed by atoms with E-state index in [9.17, 15) is 20.0 Å². The molecule has 9 heteroatoms. The van der Waals surface area contributed by atoms with Gasteiger partial charge in [-0.15, -0.1) is 0 Å². The fraction of sp³-hybridized carbons (Fsp3) is 0.185. The predicted octanol–water partition coefficient (Wildman–Crippen LogP) is 3.11. The van der Waals surface area contributed by atoms with Crippen LogP contribution in [0.1, 0.15) is 28.4 Å². The van der Waals surface area contributed by atoms with E-state index >= 15 is 0 Å². The quantitative estimate of drug-likeness (QED) is 0.373. The number of piperazine rings is 1. The Labute approximate surface area is 211 Å². The zero-order valence-electron chi connectivity index (χ0n) is 19.1. The van der Waals surface area contributed by atoms with Crippen molar-refractivity contribution in [3.8, 4) is 0 Å². The second-order valence-electron chi connectivity index (χ2n) is 9.24. The molecule has 3 aromatic carbocycles. The largest absolute Gasteiger partial charge is 0.595 e. The van der Waals surface area contributed by atoms with Gasteiger partial charge in [0, 0.05) is 46.7 Å². The van der Waals surface area contributed by atoms with Crippen molar-refractivity contribution in [2.45, 2.75) is 25.0 Å². The first-order valence-corrected chi connectivity index (χ1v) is 12.1. The highest BCUT2D eigenvalue weighted by atomic mass is 35.5. The van der Waals surface area contributed by atoms with E-state index in [1.165, 1.54) is 6.07 Å². The first-order chi connectivity index (χ1) is 17.4. The average Bonchev–Trinajstić information content (AvgIpc) is 3.25. The summed E-state index contributed by atoms with van der Waals surface area (Å²) in [5.41, 5.74) is 4.39. The topological polar surface area (TPSA) is 104 Å². The maximum Gasteiger partial charge on any atom is 0.246 e. The molecule has 8 nitrogen and oxygen atoms in total. The summed E-state index contributed by atoms with van der Waals surface area (Å²) in [5, 5.41) is 21.8. The highest BCUT2D eigenvalue weighted by Gasteiger charge is 2.48. The number of aromatic nitrogens is 1. The first-order valence-electron chi connectivity index (χ1n) is 11.7. The van der Waals surface area contributed by atoms with Crippen LogP contribution < -0.4 is 5.23 Å². The van der Waals surface area contributed by atoms with Gasteiger partial charge in [-0.25, -0.2) is 5.21 Å². The number of hydrogen-bond acceptors (Lipinski definition) is 4. The minimum Gasteiger partial charge on any atom is -0.595 e. The third kappa shape index (κ3) is 3.75. The summed E-state index contributed by atoms with van der Waals surface area (Å²) in [7, 11) is 0. The molecule has 0 saturated carbocycles. The molecule has 182 valence electrons. The summed E-state index contributed by atoms with van der Waals surface area (Å²) in [6.07, 6.45) is 0.385. The smallest absolute Gasteiger partial charge is 0.246 e. The van der Waals surface area contributed by atoms with Crippen LogP contribution in [0.5, 0.6) is 0 Å². The Kier molecular flexibility index (Phi) is 5.54. The second kappa shape index (κ2) is 8.76. The van der Waals surface area contributed by atoms with Crippen LogP contribution in [-0.2, 0) is 22.6 Å². The number of benzene rings is 3. The zero-order valence-corrected chi connectivity index (χ0v) is 19.9. The number of nitrogens with zero attached hydrogens (tertiary/aromatic N) is 2. The molecule has 0 radical (unpaired) electrons. The molecular formula is C27H23ClN4O4. The van der Waals surface area contributed by atoms with Crippen molar-refractivity contribution < 1.29 is 20.0 Å². The first kappa shape index (κ1) is 22.8. The predicted molar refractivity (Wildman–Crippen MR) is 134 cm³/mol. The molecule has 3 atom stereocenters. The lowest BCUT2D eigenvalue weighted by Gasteiger charge is -2.47. The van der Waals surface area contributed by atoms with Gasteiger partial charge in [0.15, 0.2) is 5.69 Å². The molecule has 2 aliphatic rings. The van der Waals surface area contributed by atoms with Crippen molar-refractivity contribution in [2.75, 3.05) is 6.54 Å². The molecule has 2 amide bonds. The fourth-order valence-electron chi connectivity index (χ4n) is 5.46. The molecule has 3 N–H and O–H groups in total. The molecule has 3 heterocycles. The van der Waals surface area contributed by atoms with Gasteiger partial charge in [-0.05, 0) is 34.9 Å². The lowest BCUT2D eigenvalue weighted by Crippen LogP contribution is -2.99. The van der Waals surface area contributed by atoms with Gasteiger partial charge < -0.3 is 20.0 Å². The van der Waals surface area contributed by atoms with Crippen LogP contribution >= 0.6 is 11.6 Å². The van der Waals surface area contributed by atoms with Gasteiger partial charge in [0.05, 0.1) is 6.04 Å². The van der Waals surface area contributed by atoms with Crippen LogP contribution in [0, 0.1) is 5.21 Å². The van der Waals surface area contributed by atoms with E-state index in [1.807, 2.05) is 42.5 Å². The molecule has 0 bridgehead atoms. The highest BCUT2D eigenvalue weighted by molar-refractivity contribution is 6.30. The molecule has 1 aromatic heterocycles.